The Morgan fingerprint density at radius 3 is 2.00 bits per heavy atom. The van der Waals surface area contributed by atoms with Gasteiger partial charge in [-0.2, -0.15) is 33.4 Å². The Labute approximate surface area is 179 Å². The van der Waals surface area contributed by atoms with Gasteiger partial charge in [0, 0.05) is 25.8 Å². The molecule has 0 nitrogen and oxygen atoms in total. The molecule has 0 spiro atoms. The van der Waals surface area contributed by atoms with E-state index in [0.717, 1.165) is 6.42 Å². The summed E-state index contributed by atoms with van der Waals surface area (Å²) in [6.45, 7) is 15.6. The van der Waals surface area contributed by atoms with Crippen LogP contribution in [0.4, 0.5) is 0 Å². The molecule has 0 N–H and O–H groups in total. The van der Waals surface area contributed by atoms with Gasteiger partial charge in [0.05, 0.1) is 0 Å². The molecule has 0 fully saturated rings. The number of allylic oxidation sites excluding steroid dienone is 2. The predicted molar refractivity (Wildman–Crippen MR) is 109 cm³/mol. The van der Waals surface area contributed by atoms with Crippen LogP contribution in [-0.2, 0) is 45.1 Å². The van der Waals surface area contributed by atoms with E-state index in [0.29, 0.717) is 5.92 Å². The summed E-state index contributed by atoms with van der Waals surface area (Å²) in [4.78, 5) is 0. The summed E-state index contributed by atoms with van der Waals surface area (Å²) in [6.07, 6.45) is 8.52. The average Bonchev–Trinajstić information content (AvgIpc) is 3.27. The molecule has 4 rings (SSSR count). The molecule has 0 saturated carbocycles. The smallest absolute Gasteiger partial charge is 0 e. The van der Waals surface area contributed by atoms with Crippen molar-refractivity contribution in [2.45, 2.75) is 74.1 Å². The zero-order chi connectivity index (χ0) is 18.3. The molecule has 0 radical (unpaired) electrons. The molecule has 2 aliphatic carbocycles. The van der Waals surface area contributed by atoms with Crippen LogP contribution in [0.15, 0.2) is 12.1 Å². The van der Waals surface area contributed by atoms with E-state index in [1.165, 1.54) is 58.2 Å². The van der Waals surface area contributed by atoms with E-state index in [4.69, 9.17) is 0 Å². The molecule has 1 heteroatoms. The van der Waals surface area contributed by atoms with Gasteiger partial charge in [-0.15, -0.1) is 17.5 Å². The molecule has 0 saturated heterocycles. The second kappa shape index (κ2) is 8.46. The molecule has 26 heavy (non-hydrogen) atoms. The molecule has 0 atom stereocenters. The van der Waals surface area contributed by atoms with E-state index in [2.05, 4.69) is 66.7 Å². The molecule has 0 bridgehead atoms. The molecule has 2 aliphatic rings. The molecule has 2 aromatic rings. The van der Waals surface area contributed by atoms with Crippen molar-refractivity contribution in [1.29, 1.82) is 0 Å². The monoisotopic (exact) mass is 512 g/mol. The van der Waals surface area contributed by atoms with Gasteiger partial charge in [0.1, 0.15) is 0 Å². The van der Waals surface area contributed by atoms with Crippen molar-refractivity contribution >= 4 is 5.57 Å². The summed E-state index contributed by atoms with van der Waals surface area (Å²) >= 11 is 0. The molecule has 0 aliphatic heterocycles. The molecule has 2 aromatic carbocycles. The summed E-state index contributed by atoms with van der Waals surface area (Å²) in [5.41, 5.74) is 15.1. The Balaban J connectivity index is 0.000000195. The Morgan fingerprint density at radius 1 is 0.923 bits per heavy atom. The van der Waals surface area contributed by atoms with Crippen molar-refractivity contribution in [2.24, 2.45) is 5.92 Å². The zero-order valence-corrected chi connectivity index (χ0v) is 21.2. The maximum absolute atomic E-state index is 3.57. The largest absolute Gasteiger partial charge is 0.268 e. The second-order valence-corrected chi connectivity index (χ2v) is 8.14. The maximum Gasteiger partial charge on any atom is 0 e. The minimum absolute atomic E-state index is 0. The zero-order valence-electron chi connectivity index (χ0n) is 17.6. The van der Waals surface area contributed by atoms with Crippen LogP contribution in [0.2, 0.25) is 0 Å². The van der Waals surface area contributed by atoms with E-state index in [9.17, 15) is 0 Å². The average molecular weight is 511 g/mol. The predicted octanol–water partition coefficient (Wildman–Crippen LogP) is 6.52. The van der Waals surface area contributed by atoms with Gasteiger partial charge in [0.2, 0.25) is 0 Å². The number of benzene rings is 1. The van der Waals surface area contributed by atoms with Crippen molar-refractivity contribution in [3.05, 3.63) is 68.3 Å². The normalized spacial score (nSPS) is 14.4. The van der Waals surface area contributed by atoms with Crippen LogP contribution < -0.4 is 0 Å². The van der Waals surface area contributed by atoms with Gasteiger partial charge < -0.3 is 0 Å². The van der Waals surface area contributed by atoms with Crippen LogP contribution in [0.5, 0.6) is 0 Å². The standard InChI is InChI=1S/C15H17.C10H15.Hf/c1-10(2)13-9-8-12-7-6-11-4-3-5-14(11)15(12)13;1-6-7(2)9(4)10(5)8(6)3;/h6-7,10H,3-5,8H2,1-2H3;1-5H3;/q2*-1;. The number of fused-ring (bicyclic) bond motifs is 3. The second-order valence-electron chi connectivity index (χ2n) is 8.14. The third-order valence-corrected chi connectivity index (χ3v) is 6.50. The Hall–Kier alpha value is -0.820. The summed E-state index contributed by atoms with van der Waals surface area (Å²) < 4.78 is 0. The number of rotatable bonds is 1. The van der Waals surface area contributed by atoms with Crippen LogP contribution in [0.3, 0.4) is 0 Å². The van der Waals surface area contributed by atoms with Crippen molar-refractivity contribution in [3.63, 3.8) is 0 Å². The van der Waals surface area contributed by atoms with Crippen LogP contribution in [0.1, 0.15) is 70.3 Å². The first kappa shape index (κ1) is 21.5. The fourth-order valence-corrected chi connectivity index (χ4v) is 4.38. The number of aryl methyl sites for hydroxylation is 1. The van der Waals surface area contributed by atoms with Gasteiger partial charge in [-0.05, 0) is 19.3 Å². The Bertz CT molecular complexity index is 750. The van der Waals surface area contributed by atoms with Crippen LogP contribution in [-0.4, -0.2) is 0 Å². The van der Waals surface area contributed by atoms with E-state index in [1.807, 2.05) is 0 Å². The number of hydrogen-bond acceptors (Lipinski definition) is 0. The van der Waals surface area contributed by atoms with Gasteiger partial charge in [0.15, 0.2) is 0 Å². The fraction of sp³-hybridized carbons (Fsp3) is 0.480. The van der Waals surface area contributed by atoms with Crippen LogP contribution >= 0.6 is 0 Å². The van der Waals surface area contributed by atoms with Crippen molar-refractivity contribution in [3.8, 4) is 0 Å². The minimum Gasteiger partial charge on any atom is -0.268 e. The first-order chi connectivity index (χ1) is 11.8. The third kappa shape index (κ3) is 3.75. The quantitative estimate of drug-likeness (QED) is 0.303. The SMILES string of the molecule is CC(C)C1=[C-]Cc2ccc3c(c21)CCC3.Cc1c(C)c(C)[c-](C)c1C.[Hf]. The van der Waals surface area contributed by atoms with E-state index < -0.39 is 0 Å². The van der Waals surface area contributed by atoms with E-state index >= 15 is 0 Å². The molecular formula is C25H32Hf-2. The van der Waals surface area contributed by atoms with Crippen LogP contribution in [0, 0.1) is 46.6 Å². The summed E-state index contributed by atoms with van der Waals surface area (Å²) in [6, 6.07) is 4.66. The topological polar surface area (TPSA) is 0 Å². The summed E-state index contributed by atoms with van der Waals surface area (Å²) in [5.74, 6) is 0.623. The fourth-order valence-electron chi connectivity index (χ4n) is 4.38. The van der Waals surface area contributed by atoms with Crippen LogP contribution in [0.25, 0.3) is 5.57 Å². The minimum atomic E-state index is 0. The number of hydrogen-bond donors (Lipinski definition) is 0. The Kier molecular flexibility index (Phi) is 6.99. The van der Waals surface area contributed by atoms with Gasteiger partial charge in [0.25, 0.3) is 0 Å². The maximum atomic E-state index is 3.57. The molecule has 0 heterocycles. The van der Waals surface area contributed by atoms with Crippen molar-refractivity contribution in [1.82, 2.24) is 0 Å². The Morgan fingerprint density at radius 2 is 1.50 bits per heavy atom. The van der Waals surface area contributed by atoms with E-state index in [1.54, 1.807) is 16.7 Å². The molecule has 0 unspecified atom stereocenters. The van der Waals surface area contributed by atoms with Gasteiger partial charge in [-0.25, -0.2) is 5.57 Å². The summed E-state index contributed by atoms with van der Waals surface area (Å²) in [7, 11) is 0. The molecule has 0 amide bonds. The first-order valence-corrected chi connectivity index (χ1v) is 9.77. The molecule has 138 valence electrons. The summed E-state index contributed by atoms with van der Waals surface area (Å²) in [5, 5.41) is 0. The van der Waals surface area contributed by atoms with Crippen molar-refractivity contribution < 1.29 is 25.8 Å². The first-order valence-electron chi connectivity index (χ1n) is 9.77. The van der Waals surface area contributed by atoms with Gasteiger partial charge in [-0.3, -0.25) is 6.08 Å². The van der Waals surface area contributed by atoms with Gasteiger partial charge >= 0.3 is 0 Å². The van der Waals surface area contributed by atoms with Gasteiger partial charge in [-0.1, -0.05) is 72.1 Å². The molecule has 0 aromatic heterocycles. The third-order valence-electron chi connectivity index (χ3n) is 6.50. The molecular weight excluding hydrogens is 479 g/mol. The van der Waals surface area contributed by atoms with E-state index in [-0.39, 0.29) is 25.8 Å². The van der Waals surface area contributed by atoms with Crippen molar-refractivity contribution in [2.75, 3.05) is 0 Å².